The molecule has 1 heterocycles. The molecule has 0 atom stereocenters. The zero-order valence-corrected chi connectivity index (χ0v) is 17.5. The molecule has 0 radical (unpaired) electrons. The molecule has 0 unspecified atom stereocenters. The Morgan fingerprint density at radius 2 is 1.75 bits per heavy atom. The highest BCUT2D eigenvalue weighted by Gasteiger charge is 2.16. The molecule has 0 N–H and O–H groups in total. The Labute approximate surface area is 171 Å². The number of nitrogens with zero attached hydrogens (tertiary/aromatic N) is 2. The fourth-order valence-electron chi connectivity index (χ4n) is 2.35. The predicted octanol–water partition coefficient (Wildman–Crippen LogP) is 3.97. The number of benzene rings is 2. The lowest BCUT2D eigenvalue weighted by molar-refractivity contribution is 0.355. The first kappa shape index (κ1) is 20.5. The van der Waals surface area contributed by atoms with Gasteiger partial charge in [0, 0.05) is 16.3 Å². The molecule has 0 saturated carbocycles. The van der Waals surface area contributed by atoms with Crippen molar-refractivity contribution in [3.05, 3.63) is 47.5 Å². The molecule has 0 aliphatic rings. The van der Waals surface area contributed by atoms with Gasteiger partial charge in [0.25, 0.3) is 5.22 Å². The SMILES string of the molecule is COc1ccc(-c2nnc(SCCS(=O)(=O)c3ccc(Cl)cc3)o2)cc1OC. The fourth-order valence-corrected chi connectivity index (χ4v) is 4.89. The second-order valence-electron chi connectivity index (χ2n) is 5.56. The van der Waals surface area contributed by atoms with E-state index in [1.807, 2.05) is 0 Å². The first-order valence-corrected chi connectivity index (χ1v) is 11.1. The lowest BCUT2D eigenvalue weighted by Gasteiger charge is -2.07. The zero-order chi connectivity index (χ0) is 20.1. The fraction of sp³-hybridized carbons (Fsp3) is 0.222. The number of rotatable bonds is 8. The van der Waals surface area contributed by atoms with Crippen LogP contribution < -0.4 is 9.47 Å². The van der Waals surface area contributed by atoms with Gasteiger partial charge >= 0.3 is 0 Å². The standard InChI is InChI=1S/C18H17ClN2O5S2/c1-24-15-8-3-12(11-16(15)25-2)17-20-21-18(26-17)27-9-10-28(22,23)14-6-4-13(19)5-7-14/h3-8,11H,9-10H2,1-2H3. The van der Waals surface area contributed by atoms with Crippen LogP contribution in [0.25, 0.3) is 11.5 Å². The Morgan fingerprint density at radius 1 is 1.04 bits per heavy atom. The third-order valence-corrected chi connectivity index (χ3v) is 6.85. The summed E-state index contributed by atoms with van der Waals surface area (Å²) >= 11 is 6.97. The van der Waals surface area contributed by atoms with E-state index in [4.69, 9.17) is 25.5 Å². The number of hydrogen-bond donors (Lipinski definition) is 0. The maximum Gasteiger partial charge on any atom is 0.276 e. The largest absolute Gasteiger partial charge is 0.493 e. The van der Waals surface area contributed by atoms with E-state index in [9.17, 15) is 8.42 Å². The Balaban J connectivity index is 1.64. The summed E-state index contributed by atoms with van der Waals surface area (Å²) in [5, 5.41) is 8.73. The van der Waals surface area contributed by atoms with Crippen LogP contribution in [-0.4, -0.2) is 44.3 Å². The maximum absolute atomic E-state index is 12.3. The highest BCUT2D eigenvalue weighted by Crippen LogP contribution is 2.32. The minimum absolute atomic E-state index is 0.0621. The van der Waals surface area contributed by atoms with Crippen LogP contribution in [0, 0.1) is 0 Å². The van der Waals surface area contributed by atoms with E-state index >= 15 is 0 Å². The third-order valence-electron chi connectivity index (χ3n) is 3.79. The first-order valence-electron chi connectivity index (χ1n) is 8.10. The molecule has 1 aromatic heterocycles. The molecular weight excluding hydrogens is 424 g/mol. The van der Waals surface area contributed by atoms with Gasteiger partial charge in [-0.2, -0.15) is 0 Å². The number of thioether (sulfide) groups is 1. The summed E-state index contributed by atoms with van der Waals surface area (Å²) in [7, 11) is -0.317. The van der Waals surface area contributed by atoms with Crippen molar-refractivity contribution in [2.24, 2.45) is 0 Å². The lowest BCUT2D eigenvalue weighted by atomic mass is 10.2. The van der Waals surface area contributed by atoms with Gasteiger partial charge < -0.3 is 13.9 Å². The Kier molecular flexibility index (Phi) is 6.48. The summed E-state index contributed by atoms with van der Waals surface area (Å²) in [5.41, 5.74) is 0.672. The minimum Gasteiger partial charge on any atom is -0.493 e. The van der Waals surface area contributed by atoms with E-state index in [2.05, 4.69) is 10.2 Å². The number of ether oxygens (including phenoxy) is 2. The van der Waals surface area contributed by atoms with Gasteiger partial charge in [0.05, 0.1) is 24.9 Å². The van der Waals surface area contributed by atoms with Crippen molar-refractivity contribution in [3.63, 3.8) is 0 Å². The zero-order valence-electron chi connectivity index (χ0n) is 15.1. The van der Waals surface area contributed by atoms with E-state index in [1.54, 1.807) is 37.4 Å². The van der Waals surface area contributed by atoms with Crippen molar-refractivity contribution in [2.75, 3.05) is 25.7 Å². The first-order chi connectivity index (χ1) is 13.4. The van der Waals surface area contributed by atoms with Gasteiger partial charge in [0.2, 0.25) is 5.89 Å². The highest BCUT2D eigenvalue weighted by atomic mass is 35.5. The average molecular weight is 441 g/mol. The molecule has 28 heavy (non-hydrogen) atoms. The summed E-state index contributed by atoms with van der Waals surface area (Å²) in [6, 6.07) is 11.3. The number of aromatic nitrogens is 2. The van der Waals surface area contributed by atoms with Crippen molar-refractivity contribution in [1.29, 1.82) is 0 Å². The van der Waals surface area contributed by atoms with E-state index in [1.165, 1.54) is 31.0 Å². The second-order valence-corrected chi connectivity index (χ2v) is 9.16. The molecule has 0 saturated heterocycles. The molecule has 0 aliphatic heterocycles. The molecule has 0 amide bonds. The summed E-state index contributed by atoms with van der Waals surface area (Å²) in [4.78, 5) is 0.231. The molecule has 3 aromatic rings. The van der Waals surface area contributed by atoms with Crippen molar-refractivity contribution in [3.8, 4) is 23.0 Å². The van der Waals surface area contributed by atoms with Crippen molar-refractivity contribution < 1.29 is 22.3 Å². The summed E-state index contributed by atoms with van der Waals surface area (Å²) in [6.45, 7) is 0. The maximum atomic E-state index is 12.3. The van der Waals surface area contributed by atoms with Crippen LogP contribution in [0.3, 0.4) is 0 Å². The quantitative estimate of drug-likeness (QED) is 0.486. The molecule has 3 rings (SSSR count). The Hall–Kier alpha value is -2.23. The highest BCUT2D eigenvalue weighted by molar-refractivity contribution is 8.00. The lowest BCUT2D eigenvalue weighted by Crippen LogP contribution is -2.08. The van der Waals surface area contributed by atoms with Crippen LogP contribution in [0.5, 0.6) is 11.5 Å². The molecule has 7 nitrogen and oxygen atoms in total. The molecule has 10 heteroatoms. The molecule has 0 aliphatic carbocycles. The summed E-state index contributed by atoms with van der Waals surface area (Å²) in [6.07, 6.45) is 0. The molecule has 0 spiro atoms. The smallest absolute Gasteiger partial charge is 0.276 e. The Bertz CT molecular complexity index is 1050. The van der Waals surface area contributed by atoms with Gasteiger partial charge in [0.1, 0.15) is 0 Å². The average Bonchev–Trinajstić information content (AvgIpc) is 3.16. The van der Waals surface area contributed by atoms with Crippen LogP contribution in [0.15, 0.2) is 57.0 Å². The predicted molar refractivity (Wildman–Crippen MR) is 107 cm³/mol. The molecule has 0 bridgehead atoms. The van der Waals surface area contributed by atoms with Gasteiger partial charge in [-0.25, -0.2) is 8.42 Å². The van der Waals surface area contributed by atoms with Crippen LogP contribution in [0.2, 0.25) is 5.02 Å². The summed E-state index contributed by atoms with van der Waals surface area (Å²) in [5.74, 6) is 1.66. The second kappa shape index (κ2) is 8.85. The number of methoxy groups -OCH3 is 2. The molecular formula is C18H17ClN2O5S2. The number of hydrogen-bond acceptors (Lipinski definition) is 8. The van der Waals surface area contributed by atoms with Gasteiger partial charge in [-0.3, -0.25) is 0 Å². The van der Waals surface area contributed by atoms with Gasteiger partial charge in [-0.15, -0.1) is 10.2 Å². The number of halogens is 1. The van der Waals surface area contributed by atoms with Crippen molar-refractivity contribution in [1.82, 2.24) is 10.2 Å². The number of sulfone groups is 1. The molecule has 2 aromatic carbocycles. The monoisotopic (exact) mass is 440 g/mol. The van der Waals surface area contributed by atoms with Gasteiger partial charge in [-0.05, 0) is 42.5 Å². The summed E-state index contributed by atoms with van der Waals surface area (Å²) < 4.78 is 40.8. The normalized spacial score (nSPS) is 11.4. The van der Waals surface area contributed by atoms with E-state index in [-0.39, 0.29) is 21.6 Å². The molecule has 0 fully saturated rings. The van der Waals surface area contributed by atoms with Crippen LogP contribution >= 0.6 is 23.4 Å². The van der Waals surface area contributed by atoms with Gasteiger partial charge in [0.15, 0.2) is 21.3 Å². The Morgan fingerprint density at radius 3 is 2.43 bits per heavy atom. The minimum atomic E-state index is -3.41. The van der Waals surface area contributed by atoms with E-state index in [0.29, 0.717) is 28.0 Å². The third kappa shape index (κ3) is 4.78. The van der Waals surface area contributed by atoms with Crippen LogP contribution in [0.4, 0.5) is 0 Å². The van der Waals surface area contributed by atoms with E-state index in [0.717, 1.165) is 0 Å². The van der Waals surface area contributed by atoms with Crippen molar-refractivity contribution in [2.45, 2.75) is 10.1 Å². The van der Waals surface area contributed by atoms with E-state index < -0.39 is 9.84 Å². The van der Waals surface area contributed by atoms with Gasteiger partial charge in [-0.1, -0.05) is 23.4 Å². The topological polar surface area (TPSA) is 91.5 Å². The van der Waals surface area contributed by atoms with Crippen molar-refractivity contribution >= 4 is 33.2 Å². The molecule has 148 valence electrons. The van der Waals surface area contributed by atoms with Crippen LogP contribution in [-0.2, 0) is 9.84 Å². The van der Waals surface area contributed by atoms with Crippen LogP contribution in [0.1, 0.15) is 0 Å².